The summed E-state index contributed by atoms with van der Waals surface area (Å²) < 4.78 is 0. The zero-order valence-corrected chi connectivity index (χ0v) is 14.9. The number of amides is 2. The van der Waals surface area contributed by atoms with Gasteiger partial charge < -0.3 is 15.1 Å². The van der Waals surface area contributed by atoms with Gasteiger partial charge in [0.05, 0.1) is 23.8 Å². The average molecular weight is 374 g/mol. The van der Waals surface area contributed by atoms with E-state index in [1.165, 1.54) is 0 Å². The molecule has 2 saturated heterocycles. The number of piperazine rings is 1. The zero-order valence-electron chi connectivity index (χ0n) is 14.2. The van der Waals surface area contributed by atoms with Gasteiger partial charge >= 0.3 is 0 Å². The van der Waals surface area contributed by atoms with Crippen molar-refractivity contribution in [3.05, 3.63) is 47.2 Å². The van der Waals surface area contributed by atoms with E-state index < -0.39 is 0 Å². The number of carbonyl (C=O) groups excluding carboxylic acids is 2. The Hall–Kier alpha value is -2.38. The molecule has 2 amide bonds. The van der Waals surface area contributed by atoms with Crippen LogP contribution in [0.2, 0.25) is 5.02 Å². The van der Waals surface area contributed by atoms with E-state index in [0.29, 0.717) is 30.3 Å². The van der Waals surface area contributed by atoms with Crippen LogP contribution < -0.4 is 10.2 Å². The van der Waals surface area contributed by atoms with Crippen molar-refractivity contribution in [2.24, 2.45) is 5.92 Å². The minimum atomic E-state index is -0.347. The van der Waals surface area contributed by atoms with Crippen molar-refractivity contribution >= 4 is 29.1 Å². The molecule has 26 heavy (non-hydrogen) atoms. The zero-order chi connectivity index (χ0) is 18.1. The van der Waals surface area contributed by atoms with Gasteiger partial charge in [0.25, 0.3) is 0 Å². The first kappa shape index (κ1) is 17.1. The molecule has 0 bridgehead atoms. The third-order valence-electron chi connectivity index (χ3n) is 5.06. The van der Waals surface area contributed by atoms with Crippen LogP contribution in [0.1, 0.15) is 18.0 Å². The van der Waals surface area contributed by atoms with Crippen LogP contribution in [0.25, 0.3) is 0 Å². The first-order chi connectivity index (χ1) is 12.6. The molecule has 1 aromatic carbocycles. The lowest BCUT2D eigenvalue weighted by molar-refractivity contribution is -0.139. The molecule has 2 aliphatic heterocycles. The van der Waals surface area contributed by atoms with Gasteiger partial charge in [0.15, 0.2) is 0 Å². The van der Waals surface area contributed by atoms with Crippen molar-refractivity contribution in [1.29, 1.82) is 0 Å². The molecule has 2 unspecified atom stereocenters. The highest BCUT2D eigenvalue weighted by molar-refractivity contribution is 6.31. The van der Waals surface area contributed by atoms with Crippen LogP contribution in [0.5, 0.6) is 0 Å². The van der Waals surface area contributed by atoms with Crippen molar-refractivity contribution in [1.82, 2.24) is 20.4 Å². The number of nitrogens with zero attached hydrogens (tertiary/aromatic N) is 3. The Labute approximate surface area is 156 Å². The van der Waals surface area contributed by atoms with Gasteiger partial charge in [-0.05, 0) is 11.6 Å². The summed E-state index contributed by atoms with van der Waals surface area (Å²) in [5, 5.41) is 10.6. The van der Waals surface area contributed by atoms with Gasteiger partial charge in [0, 0.05) is 43.8 Å². The van der Waals surface area contributed by atoms with Crippen molar-refractivity contribution in [2.75, 3.05) is 31.1 Å². The Balaban J connectivity index is 1.55. The monoisotopic (exact) mass is 373 g/mol. The number of benzene rings is 1. The molecule has 7 nitrogen and oxygen atoms in total. The van der Waals surface area contributed by atoms with Crippen LogP contribution >= 0.6 is 11.6 Å². The van der Waals surface area contributed by atoms with Crippen molar-refractivity contribution < 1.29 is 9.59 Å². The van der Waals surface area contributed by atoms with Gasteiger partial charge in [0.1, 0.15) is 0 Å². The van der Waals surface area contributed by atoms with Gasteiger partial charge in [-0.25, -0.2) is 0 Å². The molecule has 8 heteroatoms. The smallest absolute Gasteiger partial charge is 0.228 e. The second-order valence-electron chi connectivity index (χ2n) is 6.63. The lowest BCUT2D eigenvalue weighted by Gasteiger charge is -2.38. The van der Waals surface area contributed by atoms with E-state index in [9.17, 15) is 9.59 Å². The number of aromatic nitrogens is 2. The summed E-state index contributed by atoms with van der Waals surface area (Å²) in [5.41, 5.74) is 1.64. The number of anilines is 1. The van der Waals surface area contributed by atoms with Crippen LogP contribution in [0, 0.1) is 5.92 Å². The second-order valence-corrected chi connectivity index (χ2v) is 7.04. The lowest BCUT2D eigenvalue weighted by atomic mass is 9.99. The Morgan fingerprint density at radius 3 is 2.92 bits per heavy atom. The predicted molar refractivity (Wildman–Crippen MR) is 97.8 cm³/mol. The second kappa shape index (κ2) is 7.09. The number of halogens is 1. The summed E-state index contributed by atoms with van der Waals surface area (Å²) in [7, 11) is 0. The number of aromatic amines is 1. The van der Waals surface area contributed by atoms with Crippen LogP contribution in [-0.4, -0.2) is 53.1 Å². The number of carbonyl (C=O) groups is 2. The molecule has 1 aromatic heterocycles. The summed E-state index contributed by atoms with van der Waals surface area (Å²) in [6.45, 7) is 2.38. The average Bonchev–Trinajstić information content (AvgIpc) is 3.31. The highest BCUT2D eigenvalue weighted by Gasteiger charge is 2.40. The SMILES string of the molecule is O=C1CC(C(=O)N2CCNCC2c2ccccc2Cl)CN1c1cn[nH]c1. The Morgan fingerprint density at radius 1 is 1.31 bits per heavy atom. The summed E-state index contributed by atoms with van der Waals surface area (Å²) in [5.74, 6) is -0.384. The minimum Gasteiger partial charge on any atom is -0.333 e. The Bertz CT molecular complexity index is 810. The summed E-state index contributed by atoms with van der Waals surface area (Å²) in [4.78, 5) is 29.1. The maximum absolute atomic E-state index is 13.2. The fourth-order valence-corrected chi connectivity index (χ4v) is 4.00. The molecule has 0 radical (unpaired) electrons. The maximum Gasteiger partial charge on any atom is 0.228 e. The first-order valence-corrected chi connectivity index (χ1v) is 9.07. The van der Waals surface area contributed by atoms with Crippen molar-refractivity contribution in [2.45, 2.75) is 12.5 Å². The van der Waals surface area contributed by atoms with Crippen molar-refractivity contribution in [3.8, 4) is 0 Å². The van der Waals surface area contributed by atoms with Gasteiger partial charge in [-0.2, -0.15) is 5.10 Å². The van der Waals surface area contributed by atoms with Gasteiger partial charge in [0.2, 0.25) is 11.8 Å². The molecule has 2 atom stereocenters. The highest BCUT2D eigenvalue weighted by Crippen LogP contribution is 2.32. The molecule has 2 N–H and O–H groups in total. The number of hydrogen-bond acceptors (Lipinski definition) is 4. The molecule has 4 rings (SSSR count). The molecule has 136 valence electrons. The van der Waals surface area contributed by atoms with Gasteiger partial charge in [-0.3, -0.25) is 14.7 Å². The summed E-state index contributed by atoms with van der Waals surface area (Å²) >= 11 is 6.36. The minimum absolute atomic E-state index is 0.00997. The molecule has 2 aromatic rings. The molecule has 3 heterocycles. The van der Waals surface area contributed by atoms with E-state index in [0.717, 1.165) is 12.1 Å². The normalized spacial score (nSPS) is 23.5. The van der Waals surface area contributed by atoms with E-state index in [-0.39, 0.29) is 30.2 Å². The lowest BCUT2D eigenvalue weighted by Crippen LogP contribution is -2.50. The third-order valence-corrected chi connectivity index (χ3v) is 5.40. The van der Waals surface area contributed by atoms with E-state index in [1.54, 1.807) is 17.3 Å². The predicted octanol–water partition coefficient (Wildman–Crippen LogP) is 1.59. The summed E-state index contributed by atoms with van der Waals surface area (Å²) in [6.07, 6.45) is 3.49. The van der Waals surface area contributed by atoms with Crippen LogP contribution in [0.3, 0.4) is 0 Å². The van der Waals surface area contributed by atoms with Crippen LogP contribution in [0.4, 0.5) is 5.69 Å². The van der Waals surface area contributed by atoms with Crippen LogP contribution in [-0.2, 0) is 9.59 Å². The van der Waals surface area contributed by atoms with E-state index in [4.69, 9.17) is 11.6 Å². The number of rotatable bonds is 3. The molecule has 2 aliphatic rings. The van der Waals surface area contributed by atoms with Gasteiger partial charge in [-0.1, -0.05) is 29.8 Å². The number of hydrogen-bond donors (Lipinski definition) is 2. The van der Waals surface area contributed by atoms with Crippen LogP contribution in [0.15, 0.2) is 36.7 Å². The summed E-state index contributed by atoms with van der Waals surface area (Å²) in [6, 6.07) is 7.49. The molecule has 2 fully saturated rings. The number of nitrogens with one attached hydrogen (secondary N) is 2. The van der Waals surface area contributed by atoms with E-state index >= 15 is 0 Å². The third kappa shape index (κ3) is 3.08. The molecule has 0 saturated carbocycles. The Morgan fingerprint density at radius 2 is 2.15 bits per heavy atom. The molecular weight excluding hydrogens is 354 g/mol. The standard InChI is InChI=1S/C18H20ClN5O2/c19-15-4-2-1-3-14(15)16-10-20-5-6-23(16)18(26)12-7-17(25)24(11-12)13-8-21-22-9-13/h1-4,8-9,12,16,20H,5-7,10-11H2,(H,21,22). The van der Waals surface area contributed by atoms with E-state index in [1.807, 2.05) is 29.2 Å². The van der Waals surface area contributed by atoms with E-state index in [2.05, 4.69) is 15.5 Å². The van der Waals surface area contributed by atoms with Gasteiger partial charge in [-0.15, -0.1) is 0 Å². The Kier molecular flexibility index (Phi) is 4.65. The number of H-pyrrole nitrogens is 1. The largest absolute Gasteiger partial charge is 0.333 e. The fourth-order valence-electron chi connectivity index (χ4n) is 3.74. The molecular formula is C18H20ClN5O2. The topological polar surface area (TPSA) is 81.3 Å². The highest BCUT2D eigenvalue weighted by atomic mass is 35.5. The maximum atomic E-state index is 13.2. The molecule has 0 aliphatic carbocycles. The first-order valence-electron chi connectivity index (χ1n) is 8.70. The fraction of sp³-hybridized carbons (Fsp3) is 0.389. The van der Waals surface area contributed by atoms with Crippen molar-refractivity contribution in [3.63, 3.8) is 0 Å². The molecule has 0 spiro atoms. The quantitative estimate of drug-likeness (QED) is 0.856.